The van der Waals surface area contributed by atoms with Crippen LogP contribution in [0.15, 0.2) is 29.5 Å². The third-order valence-corrected chi connectivity index (χ3v) is 6.11. The molecule has 1 aromatic rings. The van der Waals surface area contributed by atoms with E-state index in [0.29, 0.717) is 0 Å². The van der Waals surface area contributed by atoms with Crippen LogP contribution in [0.25, 0.3) is 0 Å². The topological polar surface area (TPSA) is 158 Å². The van der Waals surface area contributed by atoms with Gasteiger partial charge in [-0.2, -0.15) is 0 Å². The van der Waals surface area contributed by atoms with Gasteiger partial charge < -0.3 is 26.2 Å². The number of carbonyl (C=O) groups excluding carboxylic acids is 3. The van der Waals surface area contributed by atoms with E-state index in [4.69, 9.17) is 5.73 Å². The lowest BCUT2D eigenvalue weighted by molar-refractivity contribution is -0.155. The van der Waals surface area contributed by atoms with Gasteiger partial charge in [0, 0.05) is 23.8 Å². The lowest BCUT2D eigenvalue weighted by atomic mass is 9.57. The molecular formula is C19H20ClNO7. The van der Waals surface area contributed by atoms with Gasteiger partial charge >= 0.3 is 0 Å². The molecule has 0 radical (unpaired) electrons. The first kappa shape index (κ1) is 20.3. The van der Waals surface area contributed by atoms with Crippen LogP contribution < -0.4 is 5.73 Å². The smallest absolute Gasteiger partial charge is 0.225 e. The van der Waals surface area contributed by atoms with E-state index in [1.54, 1.807) is 0 Å². The fourth-order valence-electron chi connectivity index (χ4n) is 4.92. The number of carbonyl (C=O) groups is 3. The van der Waals surface area contributed by atoms with Gasteiger partial charge in [-0.1, -0.05) is 12.1 Å². The van der Waals surface area contributed by atoms with Crippen LogP contribution in [0.4, 0.5) is 0 Å². The Kier molecular flexibility index (Phi) is 4.77. The fraction of sp³-hybridized carbons (Fsp3) is 0.421. The number of phenolic OH excluding ortho intramolecular Hbond substituents is 1. The van der Waals surface area contributed by atoms with Crippen molar-refractivity contribution < 1.29 is 34.8 Å². The van der Waals surface area contributed by atoms with Crippen LogP contribution in [0.1, 0.15) is 41.1 Å². The molecule has 8 nitrogen and oxygen atoms in total. The highest BCUT2D eigenvalue weighted by Crippen LogP contribution is 2.54. The number of rotatable bonds is 1. The average Bonchev–Trinajstić information content (AvgIpc) is 2.57. The summed E-state index contributed by atoms with van der Waals surface area (Å²) < 4.78 is 0. The summed E-state index contributed by atoms with van der Waals surface area (Å²) >= 11 is 0. The molecule has 1 fully saturated rings. The molecule has 5 atom stereocenters. The monoisotopic (exact) mass is 409 g/mol. The number of ketones is 2. The highest BCUT2D eigenvalue weighted by atomic mass is 35.5. The molecule has 0 bridgehead atoms. The van der Waals surface area contributed by atoms with E-state index in [2.05, 4.69) is 0 Å². The second kappa shape index (κ2) is 6.58. The number of hydrogen-bond donors (Lipinski definition) is 5. The third kappa shape index (κ3) is 2.48. The van der Waals surface area contributed by atoms with Crippen LogP contribution in [0.3, 0.4) is 0 Å². The van der Waals surface area contributed by atoms with Crippen molar-refractivity contribution in [3.8, 4) is 5.75 Å². The van der Waals surface area contributed by atoms with E-state index in [1.165, 1.54) is 18.2 Å². The van der Waals surface area contributed by atoms with Gasteiger partial charge in [0.05, 0.1) is 17.6 Å². The Hall–Kier alpha value is -2.42. The minimum Gasteiger partial charge on any atom is -0.508 e. The van der Waals surface area contributed by atoms with Crippen LogP contribution >= 0.6 is 12.4 Å². The summed E-state index contributed by atoms with van der Waals surface area (Å²) in [6.45, 7) is 0. The van der Waals surface area contributed by atoms with Crippen molar-refractivity contribution in [2.24, 2.45) is 17.6 Å². The first-order valence-corrected chi connectivity index (χ1v) is 8.71. The van der Waals surface area contributed by atoms with E-state index in [9.17, 15) is 34.8 Å². The van der Waals surface area contributed by atoms with E-state index in [-0.39, 0.29) is 54.1 Å². The van der Waals surface area contributed by atoms with Gasteiger partial charge in [-0.25, -0.2) is 0 Å². The predicted molar refractivity (Wildman–Crippen MR) is 98.1 cm³/mol. The second-order valence-electron chi connectivity index (χ2n) is 7.54. The molecule has 0 aliphatic heterocycles. The van der Waals surface area contributed by atoms with E-state index in [0.717, 1.165) is 0 Å². The Morgan fingerprint density at radius 2 is 1.86 bits per heavy atom. The Morgan fingerprint density at radius 1 is 1.18 bits per heavy atom. The van der Waals surface area contributed by atoms with Gasteiger partial charge in [0.1, 0.15) is 11.5 Å². The number of primary amides is 1. The number of hydrogen-bond acceptors (Lipinski definition) is 7. The van der Waals surface area contributed by atoms with Crippen molar-refractivity contribution >= 4 is 29.9 Å². The molecule has 3 aliphatic carbocycles. The SMILES string of the molecule is Cl.NC(=O)C1c2cccc(O)c2C(=O)C2=C(O)C3(O)C(=O)CC(O)CC3CC21. The zero-order valence-corrected chi connectivity index (χ0v) is 15.5. The Labute approximate surface area is 166 Å². The van der Waals surface area contributed by atoms with Crippen LogP contribution in [-0.4, -0.2) is 49.6 Å². The first-order chi connectivity index (χ1) is 12.7. The largest absolute Gasteiger partial charge is 0.508 e. The van der Waals surface area contributed by atoms with E-state index >= 15 is 0 Å². The summed E-state index contributed by atoms with van der Waals surface area (Å²) in [5.41, 5.74) is 3.11. The van der Waals surface area contributed by atoms with Gasteiger partial charge in [0.25, 0.3) is 0 Å². The van der Waals surface area contributed by atoms with E-state index < -0.39 is 52.7 Å². The molecule has 4 rings (SSSR count). The Morgan fingerprint density at radius 3 is 2.50 bits per heavy atom. The molecule has 150 valence electrons. The number of halogens is 1. The summed E-state index contributed by atoms with van der Waals surface area (Å²) in [5.74, 6) is -6.16. The number of aliphatic hydroxyl groups excluding tert-OH is 2. The fourth-order valence-corrected chi connectivity index (χ4v) is 4.92. The molecule has 0 aromatic heterocycles. The van der Waals surface area contributed by atoms with Crippen molar-refractivity contribution in [3.63, 3.8) is 0 Å². The molecule has 3 aliphatic rings. The molecule has 1 saturated carbocycles. The zero-order valence-electron chi connectivity index (χ0n) is 14.7. The van der Waals surface area contributed by atoms with Crippen molar-refractivity contribution in [1.82, 2.24) is 0 Å². The minimum atomic E-state index is -2.29. The maximum atomic E-state index is 13.0. The van der Waals surface area contributed by atoms with Crippen molar-refractivity contribution in [1.29, 1.82) is 0 Å². The maximum absolute atomic E-state index is 13.0. The molecular weight excluding hydrogens is 390 g/mol. The number of aliphatic hydroxyl groups is 3. The number of amides is 1. The molecule has 6 N–H and O–H groups in total. The molecule has 0 heterocycles. The summed E-state index contributed by atoms with van der Waals surface area (Å²) in [6, 6.07) is 4.27. The number of fused-ring (bicyclic) bond motifs is 3. The van der Waals surface area contributed by atoms with Crippen LogP contribution in [0.2, 0.25) is 0 Å². The van der Waals surface area contributed by atoms with Gasteiger partial charge in [0.2, 0.25) is 5.91 Å². The number of benzene rings is 1. The van der Waals surface area contributed by atoms with Gasteiger partial charge in [-0.05, 0) is 24.5 Å². The summed E-state index contributed by atoms with van der Waals surface area (Å²) in [6.07, 6.45) is -1.25. The molecule has 9 heteroatoms. The molecule has 0 saturated heterocycles. The highest BCUT2D eigenvalue weighted by molar-refractivity contribution is 6.16. The normalized spacial score (nSPS) is 34.1. The van der Waals surface area contributed by atoms with Crippen molar-refractivity contribution in [2.75, 3.05) is 0 Å². The second-order valence-corrected chi connectivity index (χ2v) is 7.54. The third-order valence-electron chi connectivity index (χ3n) is 6.11. The Balaban J connectivity index is 0.00000225. The number of nitrogens with two attached hydrogens (primary N) is 1. The number of allylic oxidation sites excluding steroid dienone is 1. The molecule has 1 aromatic carbocycles. The van der Waals surface area contributed by atoms with Gasteiger partial charge in [0.15, 0.2) is 17.2 Å². The minimum absolute atomic E-state index is 0. The lowest BCUT2D eigenvalue weighted by Crippen LogP contribution is -2.58. The van der Waals surface area contributed by atoms with Crippen molar-refractivity contribution in [2.45, 2.75) is 36.9 Å². The quantitative estimate of drug-likeness (QED) is 0.451. The molecule has 28 heavy (non-hydrogen) atoms. The molecule has 5 unspecified atom stereocenters. The number of Topliss-reactive ketones (excluding diaryl/α,β-unsaturated/α-hetero) is 2. The van der Waals surface area contributed by atoms with Crippen LogP contribution in [0.5, 0.6) is 5.75 Å². The average molecular weight is 410 g/mol. The standard InChI is InChI=1S/C19H19NO7.ClH/c20-18(26)13-9-2-1-3-11(22)14(9)16(24)15-10(13)5-7-4-8(21)6-12(23)19(7,27)17(15)25;/h1-3,7-8,10,13,21-22,25,27H,4-6H2,(H2,20,26);1H. The van der Waals surface area contributed by atoms with Crippen molar-refractivity contribution in [3.05, 3.63) is 40.7 Å². The highest BCUT2D eigenvalue weighted by Gasteiger charge is 2.60. The van der Waals surface area contributed by atoms with Gasteiger partial charge in [-0.15, -0.1) is 12.4 Å². The van der Waals surface area contributed by atoms with Crippen LogP contribution in [-0.2, 0) is 9.59 Å². The zero-order chi connectivity index (χ0) is 19.7. The molecule has 0 spiro atoms. The van der Waals surface area contributed by atoms with E-state index in [1.807, 2.05) is 0 Å². The maximum Gasteiger partial charge on any atom is 0.225 e. The summed E-state index contributed by atoms with van der Waals surface area (Å²) in [5, 5.41) is 41.8. The van der Waals surface area contributed by atoms with Crippen LogP contribution in [0, 0.1) is 11.8 Å². The Bertz CT molecular complexity index is 927. The lowest BCUT2D eigenvalue weighted by Gasteiger charge is -2.48. The predicted octanol–water partition coefficient (Wildman–Crippen LogP) is 0.482. The number of aromatic hydroxyl groups is 1. The van der Waals surface area contributed by atoms with Gasteiger partial charge in [-0.3, -0.25) is 14.4 Å². The number of phenols is 1. The molecule has 1 amide bonds. The first-order valence-electron chi connectivity index (χ1n) is 8.71. The summed E-state index contributed by atoms with van der Waals surface area (Å²) in [4.78, 5) is 37.7. The summed E-state index contributed by atoms with van der Waals surface area (Å²) in [7, 11) is 0.